The van der Waals surface area contributed by atoms with Gasteiger partial charge in [0.2, 0.25) is 0 Å². The normalized spacial score (nSPS) is 54.5. The predicted molar refractivity (Wildman–Crippen MR) is 40.4 cm³/mol. The molecule has 11 heavy (non-hydrogen) atoms. The van der Waals surface area contributed by atoms with Crippen LogP contribution in [0.15, 0.2) is 0 Å². The molecule has 1 aliphatic carbocycles. The Balaban J connectivity index is 1.62. The number of fused-ring (bicyclic) bond motifs is 2. The molecular weight excluding hydrogens is 140 g/mol. The van der Waals surface area contributed by atoms with Crippen molar-refractivity contribution in [1.29, 1.82) is 0 Å². The minimum atomic E-state index is 0.609. The van der Waals surface area contributed by atoms with Crippen LogP contribution in [0, 0.1) is 0 Å². The van der Waals surface area contributed by atoms with Crippen molar-refractivity contribution in [3.05, 3.63) is 0 Å². The Kier molecular flexibility index (Phi) is 1.29. The standard InChI is InChI=1S/C9H14O2/c1-2-6-8(10-6)4-5-9-7(3-1)11-9/h6-9H,1-5H2/t6-,7+,8-,9+. The highest BCUT2D eigenvalue weighted by Gasteiger charge is 2.45. The van der Waals surface area contributed by atoms with Crippen LogP contribution in [-0.4, -0.2) is 24.4 Å². The summed E-state index contributed by atoms with van der Waals surface area (Å²) in [4.78, 5) is 0. The molecule has 0 aromatic carbocycles. The van der Waals surface area contributed by atoms with E-state index in [1.807, 2.05) is 0 Å². The van der Waals surface area contributed by atoms with Crippen molar-refractivity contribution < 1.29 is 9.47 Å². The van der Waals surface area contributed by atoms with Crippen molar-refractivity contribution >= 4 is 0 Å². The van der Waals surface area contributed by atoms with E-state index in [-0.39, 0.29) is 0 Å². The first kappa shape index (κ1) is 6.44. The molecule has 2 saturated heterocycles. The fraction of sp³-hybridized carbons (Fsp3) is 1.00. The molecule has 0 aromatic rings. The van der Waals surface area contributed by atoms with Crippen LogP contribution in [0.1, 0.15) is 32.1 Å². The van der Waals surface area contributed by atoms with E-state index < -0.39 is 0 Å². The molecule has 2 nitrogen and oxygen atoms in total. The first-order valence-electron chi connectivity index (χ1n) is 4.74. The van der Waals surface area contributed by atoms with E-state index >= 15 is 0 Å². The third-order valence-corrected chi connectivity index (χ3v) is 3.09. The van der Waals surface area contributed by atoms with E-state index in [2.05, 4.69) is 0 Å². The minimum Gasteiger partial charge on any atom is -0.370 e. The summed E-state index contributed by atoms with van der Waals surface area (Å²) in [6, 6.07) is 0. The summed E-state index contributed by atoms with van der Waals surface area (Å²) >= 11 is 0. The van der Waals surface area contributed by atoms with Gasteiger partial charge in [-0.05, 0) is 32.1 Å². The summed E-state index contributed by atoms with van der Waals surface area (Å²) in [5.41, 5.74) is 0. The lowest BCUT2D eigenvalue weighted by atomic mass is 10.1. The Morgan fingerprint density at radius 2 is 1.09 bits per heavy atom. The van der Waals surface area contributed by atoms with E-state index in [1.165, 1.54) is 32.1 Å². The zero-order chi connectivity index (χ0) is 7.26. The van der Waals surface area contributed by atoms with Crippen LogP contribution in [0.5, 0.6) is 0 Å². The van der Waals surface area contributed by atoms with E-state index in [4.69, 9.17) is 9.47 Å². The van der Waals surface area contributed by atoms with Gasteiger partial charge in [0.05, 0.1) is 24.4 Å². The fourth-order valence-corrected chi connectivity index (χ4v) is 2.22. The molecule has 2 heteroatoms. The Hall–Kier alpha value is -0.0800. The molecule has 4 atom stereocenters. The third-order valence-electron chi connectivity index (χ3n) is 3.09. The number of epoxide rings is 2. The summed E-state index contributed by atoms with van der Waals surface area (Å²) in [6.45, 7) is 0. The Morgan fingerprint density at radius 3 is 1.64 bits per heavy atom. The van der Waals surface area contributed by atoms with Crippen LogP contribution in [0.3, 0.4) is 0 Å². The SMILES string of the molecule is C1C[C@@H]2O[C@H]2CC[C@H]2O[C@@H]2C1. The van der Waals surface area contributed by atoms with E-state index in [9.17, 15) is 0 Å². The van der Waals surface area contributed by atoms with Gasteiger partial charge in [0.1, 0.15) is 0 Å². The van der Waals surface area contributed by atoms with Crippen molar-refractivity contribution in [1.82, 2.24) is 0 Å². The molecule has 2 aliphatic heterocycles. The van der Waals surface area contributed by atoms with Gasteiger partial charge < -0.3 is 9.47 Å². The topological polar surface area (TPSA) is 25.1 Å². The largest absolute Gasteiger partial charge is 0.370 e. The number of hydrogen-bond donors (Lipinski definition) is 0. The van der Waals surface area contributed by atoms with Crippen LogP contribution >= 0.6 is 0 Å². The minimum absolute atomic E-state index is 0.609. The molecule has 2 heterocycles. The summed E-state index contributed by atoms with van der Waals surface area (Å²) in [7, 11) is 0. The van der Waals surface area contributed by atoms with Crippen LogP contribution < -0.4 is 0 Å². The highest BCUT2D eigenvalue weighted by atomic mass is 16.6. The average molecular weight is 154 g/mol. The van der Waals surface area contributed by atoms with E-state index in [0.717, 1.165) is 0 Å². The summed E-state index contributed by atoms with van der Waals surface area (Å²) < 4.78 is 11.0. The summed E-state index contributed by atoms with van der Waals surface area (Å²) in [5.74, 6) is 0. The maximum Gasteiger partial charge on any atom is 0.0842 e. The zero-order valence-corrected chi connectivity index (χ0v) is 6.66. The first-order valence-corrected chi connectivity index (χ1v) is 4.74. The van der Waals surface area contributed by atoms with Gasteiger partial charge in [-0.1, -0.05) is 0 Å². The molecule has 1 saturated carbocycles. The van der Waals surface area contributed by atoms with Gasteiger partial charge in [-0.25, -0.2) is 0 Å². The molecule has 3 fully saturated rings. The van der Waals surface area contributed by atoms with Crippen LogP contribution in [-0.2, 0) is 9.47 Å². The molecule has 0 amide bonds. The second kappa shape index (κ2) is 2.20. The van der Waals surface area contributed by atoms with Gasteiger partial charge >= 0.3 is 0 Å². The Morgan fingerprint density at radius 1 is 0.636 bits per heavy atom. The predicted octanol–water partition coefficient (Wildman–Crippen LogP) is 1.49. The lowest BCUT2D eigenvalue weighted by Gasteiger charge is -1.91. The molecule has 62 valence electrons. The lowest BCUT2D eigenvalue weighted by molar-refractivity contribution is 0.339. The quantitative estimate of drug-likeness (QED) is 0.494. The number of rotatable bonds is 0. The highest BCUT2D eigenvalue weighted by Crippen LogP contribution is 2.39. The van der Waals surface area contributed by atoms with Crippen molar-refractivity contribution in [3.8, 4) is 0 Å². The molecule has 3 aliphatic rings. The van der Waals surface area contributed by atoms with Crippen molar-refractivity contribution in [3.63, 3.8) is 0 Å². The molecule has 0 N–H and O–H groups in total. The van der Waals surface area contributed by atoms with Gasteiger partial charge in [0, 0.05) is 0 Å². The van der Waals surface area contributed by atoms with Crippen molar-refractivity contribution in [2.24, 2.45) is 0 Å². The first-order chi connectivity index (χ1) is 5.43. The second-order valence-corrected chi connectivity index (χ2v) is 3.93. The monoisotopic (exact) mass is 154 g/mol. The number of ether oxygens (including phenoxy) is 2. The summed E-state index contributed by atoms with van der Waals surface area (Å²) in [6.07, 6.45) is 8.82. The molecule has 0 unspecified atom stereocenters. The van der Waals surface area contributed by atoms with Crippen LogP contribution in [0.25, 0.3) is 0 Å². The van der Waals surface area contributed by atoms with Crippen LogP contribution in [0.4, 0.5) is 0 Å². The van der Waals surface area contributed by atoms with Crippen molar-refractivity contribution in [2.75, 3.05) is 0 Å². The van der Waals surface area contributed by atoms with Gasteiger partial charge in [-0.2, -0.15) is 0 Å². The maximum atomic E-state index is 5.50. The average Bonchev–Trinajstić information content (AvgIpc) is 2.85. The van der Waals surface area contributed by atoms with Gasteiger partial charge in [0.25, 0.3) is 0 Å². The third kappa shape index (κ3) is 1.18. The molecule has 0 spiro atoms. The molecule has 0 radical (unpaired) electrons. The van der Waals surface area contributed by atoms with E-state index in [0.29, 0.717) is 24.4 Å². The maximum absolute atomic E-state index is 5.50. The Bertz CT molecular complexity index is 151. The smallest absolute Gasteiger partial charge is 0.0842 e. The fourth-order valence-electron chi connectivity index (χ4n) is 2.22. The second-order valence-electron chi connectivity index (χ2n) is 3.93. The summed E-state index contributed by atoms with van der Waals surface area (Å²) in [5, 5.41) is 0. The van der Waals surface area contributed by atoms with Gasteiger partial charge in [-0.15, -0.1) is 0 Å². The highest BCUT2D eigenvalue weighted by molar-refractivity contribution is 4.93. The van der Waals surface area contributed by atoms with Crippen molar-refractivity contribution in [2.45, 2.75) is 56.5 Å². The molecule has 3 rings (SSSR count). The zero-order valence-electron chi connectivity index (χ0n) is 6.66. The molecule has 0 bridgehead atoms. The van der Waals surface area contributed by atoms with E-state index in [1.54, 1.807) is 0 Å². The lowest BCUT2D eigenvalue weighted by Crippen LogP contribution is -1.95. The van der Waals surface area contributed by atoms with Gasteiger partial charge in [-0.3, -0.25) is 0 Å². The van der Waals surface area contributed by atoms with Gasteiger partial charge in [0.15, 0.2) is 0 Å². The molecule has 0 aromatic heterocycles. The number of hydrogen-bond acceptors (Lipinski definition) is 2. The Labute approximate surface area is 66.9 Å². The van der Waals surface area contributed by atoms with Crippen LogP contribution in [0.2, 0.25) is 0 Å². The molecular formula is C9H14O2.